The van der Waals surface area contributed by atoms with Crippen LogP contribution in [0.3, 0.4) is 0 Å². The summed E-state index contributed by atoms with van der Waals surface area (Å²) >= 11 is 0. The summed E-state index contributed by atoms with van der Waals surface area (Å²) in [6, 6.07) is 3.70. The number of rotatable bonds is 4. The molecule has 0 amide bonds. The molecule has 0 spiro atoms. The molecule has 2 nitrogen and oxygen atoms in total. The maximum Gasteiger partial charge on any atom is 0.164 e. The third-order valence-corrected chi connectivity index (χ3v) is 1.93. The fraction of sp³-hybridized carbons (Fsp3) is 0.455. The van der Waals surface area contributed by atoms with Crippen LogP contribution in [0, 0.1) is 11.6 Å². The Balaban J connectivity index is 2.73. The van der Waals surface area contributed by atoms with E-state index in [1.54, 1.807) is 13.8 Å². The van der Waals surface area contributed by atoms with E-state index in [9.17, 15) is 13.9 Å². The third-order valence-electron chi connectivity index (χ3n) is 1.93. The lowest BCUT2D eigenvalue weighted by Gasteiger charge is -2.14. The molecular weight excluding hydrogens is 202 g/mol. The van der Waals surface area contributed by atoms with E-state index in [4.69, 9.17) is 4.74 Å². The Morgan fingerprint density at radius 1 is 1.33 bits per heavy atom. The Morgan fingerprint density at radius 2 is 2.00 bits per heavy atom. The van der Waals surface area contributed by atoms with E-state index in [1.165, 1.54) is 12.1 Å². The number of benzene rings is 1. The van der Waals surface area contributed by atoms with Crippen molar-refractivity contribution in [2.24, 2.45) is 0 Å². The topological polar surface area (TPSA) is 29.5 Å². The molecule has 0 saturated carbocycles. The van der Waals surface area contributed by atoms with Gasteiger partial charge >= 0.3 is 0 Å². The van der Waals surface area contributed by atoms with Crippen molar-refractivity contribution in [2.75, 3.05) is 6.61 Å². The monoisotopic (exact) mass is 216 g/mol. The van der Waals surface area contributed by atoms with Gasteiger partial charge in [-0.3, -0.25) is 0 Å². The highest BCUT2D eigenvalue weighted by Gasteiger charge is 2.16. The van der Waals surface area contributed by atoms with Gasteiger partial charge in [-0.25, -0.2) is 8.78 Å². The third kappa shape index (κ3) is 3.25. The van der Waals surface area contributed by atoms with Crippen LogP contribution in [0.25, 0.3) is 0 Å². The number of halogens is 2. The minimum atomic E-state index is -1.14. The van der Waals surface area contributed by atoms with Gasteiger partial charge in [-0.15, -0.1) is 0 Å². The number of aliphatic hydroxyl groups excluding tert-OH is 1. The summed E-state index contributed by atoms with van der Waals surface area (Å²) in [6.07, 6.45) is -1.20. The van der Waals surface area contributed by atoms with Gasteiger partial charge in [0.25, 0.3) is 0 Å². The van der Waals surface area contributed by atoms with Crippen LogP contribution in [-0.4, -0.2) is 17.8 Å². The first-order chi connectivity index (χ1) is 7.02. The van der Waals surface area contributed by atoms with Crippen molar-refractivity contribution < 1.29 is 18.6 Å². The van der Waals surface area contributed by atoms with Gasteiger partial charge in [-0.05, 0) is 19.9 Å². The van der Waals surface area contributed by atoms with Crippen molar-refractivity contribution in [1.29, 1.82) is 0 Å². The zero-order valence-electron chi connectivity index (χ0n) is 8.71. The van der Waals surface area contributed by atoms with Gasteiger partial charge in [0.15, 0.2) is 11.6 Å². The zero-order chi connectivity index (χ0) is 11.4. The molecule has 1 N–H and O–H groups in total. The van der Waals surface area contributed by atoms with Crippen LogP contribution in [0.1, 0.15) is 25.5 Å². The van der Waals surface area contributed by atoms with E-state index in [1.807, 2.05) is 0 Å². The second-order valence-electron chi connectivity index (χ2n) is 3.54. The Kier molecular flexibility index (Phi) is 4.17. The molecule has 0 heterocycles. The summed E-state index contributed by atoms with van der Waals surface area (Å²) in [5.41, 5.74) is -0.0735. The summed E-state index contributed by atoms with van der Waals surface area (Å²) in [7, 11) is 0. The molecule has 0 aliphatic heterocycles. The van der Waals surface area contributed by atoms with Crippen LogP contribution in [-0.2, 0) is 4.74 Å². The summed E-state index contributed by atoms with van der Waals surface area (Å²) in [5.74, 6) is -1.98. The molecular formula is C11H14F2O2. The van der Waals surface area contributed by atoms with Gasteiger partial charge in [-0.1, -0.05) is 12.1 Å². The van der Waals surface area contributed by atoms with E-state index >= 15 is 0 Å². The Labute approximate surface area is 87.5 Å². The Morgan fingerprint density at radius 3 is 2.60 bits per heavy atom. The predicted molar refractivity (Wildman–Crippen MR) is 52.4 cm³/mol. The molecule has 1 unspecified atom stereocenters. The maximum atomic E-state index is 13.2. The molecule has 84 valence electrons. The van der Waals surface area contributed by atoms with Crippen LogP contribution in [0.2, 0.25) is 0 Å². The second kappa shape index (κ2) is 5.19. The van der Waals surface area contributed by atoms with Gasteiger partial charge in [-0.2, -0.15) is 0 Å². The normalized spacial score (nSPS) is 13.2. The molecule has 0 saturated heterocycles. The molecule has 1 atom stereocenters. The Hall–Kier alpha value is -1.00. The molecule has 0 aliphatic rings. The number of hydrogen-bond acceptors (Lipinski definition) is 2. The lowest BCUT2D eigenvalue weighted by Crippen LogP contribution is -2.13. The van der Waals surface area contributed by atoms with Crippen LogP contribution in [0.15, 0.2) is 18.2 Å². The molecule has 0 aliphatic carbocycles. The lowest BCUT2D eigenvalue weighted by atomic mass is 10.1. The number of aliphatic hydroxyl groups is 1. The van der Waals surface area contributed by atoms with Crippen molar-refractivity contribution in [1.82, 2.24) is 0 Å². The quantitative estimate of drug-likeness (QED) is 0.837. The van der Waals surface area contributed by atoms with E-state index in [2.05, 4.69) is 0 Å². The molecule has 4 heteroatoms. The fourth-order valence-corrected chi connectivity index (χ4v) is 1.15. The first kappa shape index (κ1) is 12.1. The standard InChI is InChI=1S/C11H14F2O2/c1-7(2)15-6-10(14)8-4-3-5-9(12)11(8)13/h3-5,7,10,14H,6H2,1-2H3. The van der Waals surface area contributed by atoms with E-state index in [-0.39, 0.29) is 18.3 Å². The predicted octanol–water partition coefficient (Wildman–Crippen LogP) is 2.42. The summed E-state index contributed by atoms with van der Waals surface area (Å²) in [6.45, 7) is 3.56. The second-order valence-corrected chi connectivity index (χ2v) is 3.54. The lowest BCUT2D eigenvalue weighted by molar-refractivity contribution is 0.00337. The van der Waals surface area contributed by atoms with Crippen molar-refractivity contribution in [3.8, 4) is 0 Å². The largest absolute Gasteiger partial charge is 0.386 e. The van der Waals surface area contributed by atoms with Crippen molar-refractivity contribution in [3.05, 3.63) is 35.4 Å². The SMILES string of the molecule is CC(C)OCC(O)c1cccc(F)c1F. The molecule has 0 bridgehead atoms. The van der Waals surface area contributed by atoms with Crippen LogP contribution < -0.4 is 0 Å². The maximum absolute atomic E-state index is 13.2. The van der Waals surface area contributed by atoms with Crippen molar-refractivity contribution >= 4 is 0 Å². The average Bonchev–Trinajstić information content (AvgIpc) is 2.18. The first-order valence-electron chi connectivity index (χ1n) is 4.76. The molecule has 1 aromatic rings. The number of ether oxygens (including phenoxy) is 1. The van der Waals surface area contributed by atoms with Crippen LogP contribution >= 0.6 is 0 Å². The first-order valence-corrected chi connectivity index (χ1v) is 4.76. The van der Waals surface area contributed by atoms with Gasteiger partial charge in [0.1, 0.15) is 6.10 Å². The molecule has 1 aromatic carbocycles. The molecule has 0 aromatic heterocycles. The minimum Gasteiger partial charge on any atom is -0.386 e. The highest BCUT2D eigenvalue weighted by Crippen LogP contribution is 2.19. The minimum absolute atomic E-state index is 0.0436. The summed E-state index contributed by atoms with van der Waals surface area (Å²) < 4.78 is 31.1. The molecule has 15 heavy (non-hydrogen) atoms. The zero-order valence-corrected chi connectivity index (χ0v) is 8.71. The average molecular weight is 216 g/mol. The highest BCUT2D eigenvalue weighted by atomic mass is 19.2. The molecule has 1 rings (SSSR count). The van der Waals surface area contributed by atoms with Gasteiger partial charge in [0, 0.05) is 5.56 Å². The van der Waals surface area contributed by atoms with E-state index in [0.29, 0.717) is 0 Å². The molecule has 0 radical (unpaired) electrons. The van der Waals surface area contributed by atoms with Gasteiger partial charge in [0.2, 0.25) is 0 Å². The van der Waals surface area contributed by atoms with Gasteiger partial charge in [0.05, 0.1) is 12.7 Å². The van der Waals surface area contributed by atoms with E-state index in [0.717, 1.165) is 6.07 Å². The highest BCUT2D eigenvalue weighted by molar-refractivity contribution is 5.21. The number of hydrogen-bond donors (Lipinski definition) is 1. The fourth-order valence-electron chi connectivity index (χ4n) is 1.15. The van der Waals surface area contributed by atoms with Crippen molar-refractivity contribution in [2.45, 2.75) is 26.1 Å². The summed E-state index contributed by atoms with van der Waals surface area (Å²) in [5, 5.41) is 9.54. The van der Waals surface area contributed by atoms with Crippen LogP contribution in [0.4, 0.5) is 8.78 Å². The van der Waals surface area contributed by atoms with Crippen molar-refractivity contribution in [3.63, 3.8) is 0 Å². The summed E-state index contributed by atoms with van der Waals surface area (Å²) in [4.78, 5) is 0. The smallest absolute Gasteiger partial charge is 0.164 e. The molecule has 0 fully saturated rings. The van der Waals surface area contributed by atoms with Crippen LogP contribution in [0.5, 0.6) is 0 Å². The Bertz CT molecular complexity index is 326. The van der Waals surface area contributed by atoms with Gasteiger partial charge < -0.3 is 9.84 Å². The van der Waals surface area contributed by atoms with E-state index < -0.39 is 17.7 Å².